The van der Waals surface area contributed by atoms with Crippen molar-refractivity contribution in [2.24, 2.45) is 0 Å². The van der Waals surface area contributed by atoms with E-state index in [2.05, 4.69) is 102 Å². The molecule has 0 aliphatic carbocycles. The number of hydrogen-bond donors (Lipinski definition) is 1. The van der Waals surface area contributed by atoms with E-state index in [9.17, 15) is 0 Å². The zero-order valence-electron chi connectivity index (χ0n) is 14.7. The highest BCUT2D eigenvalue weighted by atomic mass is 14.7. The Morgan fingerprint density at radius 1 is 0.481 bits per heavy atom. The van der Waals surface area contributed by atoms with Gasteiger partial charge in [-0.05, 0) is 50.9 Å². The van der Waals surface area contributed by atoms with Gasteiger partial charge in [0.15, 0.2) is 0 Å². The summed E-state index contributed by atoms with van der Waals surface area (Å²) in [5.41, 5.74) is 4.91. The van der Waals surface area contributed by atoms with Crippen LogP contribution in [0.15, 0.2) is 97.1 Å². The van der Waals surface area contributed by atoms with Gasteiger partial charge in [0.1, 0.15) is 0 Å². The van der Waals surface area contributed by atoms with E-state index in [1.165, 1.54) is 54.5 Å². The number of rotatable bonds is 1. The van der Waals surface area contributed by atoms with Gasteiger partial charge in [-0.3, -0.25) is 0 Å². The summed E-state index contributed by atoms with van der Waals surface area (Å²) >= 11 is 0. The quantitative estimate of drug-likeness (QED) is 0.322. The Bertz CT molecular complexity index is 1470. The summed E-state index contributed by atoms with van der Waals surface area (Å²) in [6.07, 6.45) is 0. The van der Waals surface area contributed by atoms with Gasteiger partial charge in [-0.15, -0.1) is 0 Å². The van der Waals surface area contributed by atoms with Crippen LogP contribution in [-0.4, -0.2) is 4.98 Å². The number of H-pyrrole nitrogens is 1. The van der Waals surface area contributed by atoms with Crippen LogP contribution in [-0.2, 0) is 0 Å². The van der Waals surface area contributed by atoms with E-state index in [0.29, 0.717) is 0 Å². The molecule has 1 N–H and O–H groups in total. The fourth-order valence-corrected chi connectivity index (χ4v) is 4.31. The van der Waals surface area contributed by atoms with Crippen molar-refractivity contribution < 1.29 is 0 Å². The normalized spacial score (nSPS) is 11.7. The summed E-state index contributed by atoms with van der Waals surface area (Å²) < 4.78 is 0. The van der Waals surface area contributed by atoms with E-state index in [1.54, 1.807) is 0 Å². The summed E-state index contributed by atoms with van der Waals surface area (Å²) in [6, 6.07) is 34.9. The lowest BCUT2D eigenvalue weighted by Gasteiger charge is -2.08. The molecule has 0 amide bonds. The summed E-state index contributed by atoms with van der Waals surface area (Å²) in [5.74, 6) is 0. The van der Waals surface area contributed by atoms with Crippen molar-refractivity contribution in [3.8, 4) is 11.1 Å². The molecule has 0 unspecified atom stereocenters. The van der Waals surface area contributed by atoms with Crippen LogP contribution in [0.3, 0.4) is 0 Å². The molecule has 1 heterocycles. The molecule has 0 fully saturated rings. The first-order chi connectivity index (χ1) is 13.4. The highest BCUT2D eigenvalue weighted by Crippen LogP contribution is 2.38. The van der Waals surface area contributed by atoms with Gasteiger partial charge in [0.05, 0.1) is 0 Å². The molecule has 1 aromatic heterocycles. The maximum absolute atomic E-state index is 3.62. The first kappa shape index (κ1) is 14.6. The van der Waals surface area contributed by atoms with Crippen molar-refractivity contribution in [2.75, 3.05) is 0 Å². The number of fused-ring (bicyclic) bond motifs is 6. The molecule has 0 aliphatic rings. The second-order valence-corrected chi connectivity index (χ2v) is 7.12. The van der Waals surface area contributed by atoms with Crippen LogP contribution in [0.2, 0.25) is 0 Å². The summed E-state index contributed by atoms with van der Waals surface area (Å²) in [7, 11) is 0. The molecule has 0 saturated carbocycles. The van der Waals surface area contributed by atoms with Gasteiger partial charge in [-0.25, -0.2) is 0 Å². The molecule has 1 nitrogen and oxygen atoms in total. The molecule has 27 heavy (non-hydrogen) atoms. The molecule has 6 aromatic rings. The lowest BCUT2D eigenvalue weighted by molar-refractivity contribution is 1.55. The minimum Gasteiger partial charge on any atom is -0.354 e. The molecule has 0 aliphatic heterocycles. The molecule has 6 rings (SSSR count). The summed E-state index contributed by atoms with van der Waals surface area (Å²) in [6.45, 7) is 0. The van der Waals surface area contributed by atoms with Crippen LogP contribution in [0.4, 0.5) is 0 Å². The van der Waals surface area contributed by atoms with Crippen molar-refractivity contribution in [1.29, 1.82) is 0 Å². The maximum atomic E-state index is 3.62. The zero-order valence-corrected chi connectivity index (χ0v) is 14.7. The van der Waals surface area contributed by atoms with Gasteiger partial charge in [-0.1, -0.05) is 78.9 Å². The van der Waals surface area contributed by atoms with Gasteiger partial charge in [0, 0.05) is 21.8 Å². The predicted molar refractivity (Wildman–Crippen MR) is 116 cm³/mol. The third-order valence-corrected chi connectivity index (χ3v) is 5.57. The standard InChI is InChI=1S/C26H17N/c1-2-8-19-16-20(13-12-17(19)6-1)22-10-5-11-23-26(22)25-21-9-4-3-7-18(21)14-15-24(25)27-23/h1-16,27H. The largest absolute Gasteiger partial charge is 0.354 e. The highest BCUT2D eigenvalue weighted by Gasteiger charge is 2.13. The number of aromatic nitrogens is 1. The molecule has 5 aromatic carbocycles. The van der Waals surface area contributed by atoms with Crippen LogP contribution in [0, 0.1) is 0 Å². The Morgan fingerprint density at radius 2 is 1.22 bits per heavy atom. The highest BCUT2D eigenvalue weighted by molar-refractivity contribution is 6.24. The van der Waals surface area contributed by atoms with E-state index in [-0.39, 0.29) is 0 Å². The van der Waals surface area contributed by atoms with E-state index in [0.717, 1.165) is 0 Å². The molecule has 1 heteroatoms. The molecule has 0 saturated heterocycles. The van der Waals surface area contributed by atoms with Crippen LogP contribution in [0.5, 0.6) is 0 Å². The van der Waals surface area contributed by atoms with E-state index < -0.39 is 0 Å². The van der Waals surface area contributed by atoms with Gasteiger partial charge in [0.2, 0.25) is 0 Å². The van der Waals surface area contributed by atoms with Gasteiger partial charge >= 0.3 is 0 Å². The predicted octanol–water partition coefficient (Wildman–Crippen LogP) is 7.29. The SMILES string of the molecule is c1ccc2cc(-c3cccc4[nH]c5ccc6ccccc6c5c34)ccc2c1. The minimum atomic E-state index is 1.19. The van der Waals surface area contributed by atoms with Crippen molar-refractivity contribution >= 4 is 43.4 Å². The maximum Gasteiger partial charge on any atom is 0.0471 e. The first-order valence-corrected chi connectivity index (χ1v) is 9.30. The van der Waals surface area contributed by atoms with Gasteiger partial charge in [-0.2, -0.15) is 0 Å². The molecule has 0 bridgehead atoms. The Morgan fingerprint density at radius 3 is 2.15 bits per heavy atom. The lowest BCUT2D eigenvalue weighted by Crippen LogP contribution is -1.81. The number of benzene rings is 5. The Hall–Kier alpha value is -3.58. The summed E-state index contributed by atoms with van der Waals surface area (Å²) in [4.78, 5) is 3.62. The van der Waals surface area contributed by atoms with Crippen LogP contribution in [0.1, 0.15) is 0 Å². The molecule has 0 atom stereocenters. The van der Waals surface area contributed by atoms with Crippen LogP contribution < -0.4 is 0 Å². The van der Waals surface area contributed by atoms with E-state index in [1.807, 2.05) is 0 Å². The fraction of sp³-hybridized carbons (Fsp3) is 0. The second-order valence-electron chi connectivity index (χ2n) is 7.12. The fourth-order valence-electron chi connectivity index (χ4n) is 4.31. The number of aromatic amines is 1. The topological polar surface area (TPSA) is 15.8 Å². The Balaban J connectivity index is 1.77. The van der Waals surface area contributed by atoms with Crippen molar-refractivity contribution in [3.63, 3.8) is 0 Å². The zero-order chi connectivity index (χ0) is 17.8. The molecule has 0 radical (unpaired) electrons. The number of nitrogens with one attached hydrogen (secondary N) is 1. The molecular weight excluding hydrogens is 326 g/mol. The van der Waals surface area contributed by atoms with Gasteiger partial charge in [0.25, 0.3) is 0 Å². The van der Waals surface area contributed by atoms with Crippen molar-refractivity contribution in [2.45, 2.75) is 0 Å². The minimum absolute atomic E-state index is 1.19. The van der Waals surface area contributed by atoms with Crippen LogP contribution in [0.25, 0.3) is 54.5 Å². The second kappa shape index (κ2) is 5.46. The third-order valence-electron chi connectivity index (χ3n) is 5.57. The first-order valence-electron chi connectivity index (χ1n) is 9.30. The number of hydrogen-bond acceptors (Lipinski definition) is 0. The molecule has 126 valence electrons. The van der Waals surface area contributed by atoms with Gasteiger partial charge < -0.3 is 4.98 Å². The summed E-state index contributed by atoms with van der Waals surface area (Å²) in [5, 5.41) is 7.75. The lowest BCUT2D eigenvalue weighted by atomic mass is 9.95. The Labute approximate surface area is 156 Å². The molecule has 0 spiro atoms. The monoisotopic (exact) mass is 343 g/mol. The Kier molecular flexibility index (Phi) is 2.95. The van der Waals surface area contributed by atoms with E-state index >= 15 is 0 Å². The van der Waals surface area contributed by atoms with Crippen LogP contribution >= 0.6 is 0 Å². The average Bonchev–Trinajstić information content (AvgIpc) is 3.12. The smallest absolute Gasteiger partial charge is 0.0471 e. The average molecular weight is 343 g/mol. The van der Waals surface area contributed by atoms with Crippen molar-refractivity contribution in [3.05, 3.63) is 97.1 Å². The third kappa shape index (κ3) is 2.12. The van der Waals surface area contributed by atoms with E-state index in [4.69, 9.17) is 0 Å². The molecular formula is C26H17N. The van der Waals surface area contributed by atoms with Crippen molar-refractivity contribution in [1.82, 2.24) is 4.98 Å².